The SMILES string of the molecule is CC(=O)N1CCC[C@@H]1C(=O)NCc1ccc(CN2C[C@@H](C)O[C@H](C)C2)cc1. The zero-order valence-electron chi connectivity index (χ0n) is 16.6. The first-order valence-corrected chi connectivity index (χ1v) is 9.93. The molecule has 0 aliphatic carbocycles. The van der Waals surface area contributed by atoms with Gasteiger partial charge in [-0.25, -0.2) is 0 Å². The van der Waals surface area contributed by atoms with Gasteiger partial charge in [-0.1, -0.05) is 24.3 Å². The summed E-state index contributed by atoms with van der Waals surface area (Å²) in [6.45, 7) is 9.76. The van der Waals surface area contributed by atoms with E-state index in [2.05, 4.69) is 48.3 Å². The Morgan fingerprint density at radius 2 is 1.74 bits per heavy atom. The number of hydrogen-bond acceptors (Lipinski definition) is 4. The Morgan fingerprint density at radius 3 is 2.37 bits per heavy atom. The van der Waals surface area contributed by atoms with Gasteiger partial charge in [0.05, 0.1) is 12.2 Å². The molecule has 0 spiro atoms. The van der Waals surface area contributed by atoms with Crippen LogP contribution in [0.4, 0.5) is 0 Å². The van der Waals surface area contributed by atoms with E-state index in [4.69, 9.17) is 4.74 Å². The summed E-state index contributed by atoms with van der Waals surface area (Å²) in [6.07, 6.45) is 2.19. The second kappa shape index (κ2) is 8.85. The van der Waals surface area contributed by atoms with E-state index in [1.54, 1.807) is 4.90 Å². The molecule has 2 amide bonds. The minimum atomic E-state index is -0.313. The molecule has 3 atom stereocenters. The van der Waals surface area contributed by atoms with E-state index in [0.717, 1.165) is 38.0 Å². The summed E-state index contributed by atoms with van der Waals surface area (Å²) in [5, 5.41) is 2.98. The second-order valence-corrected chi connectivity index (χ2v) is 7.86. The molecule has 1 aromatic rings. The lowest BCUT2D eigenvalue weighted by atomic mass is 10.1. The van der Waals surface area contributed by atoms with Crippen molar-refractivity contribution < 1.29 is 14.3 Å². The number of rotatable bonds is 5. The number of carbonyl (C=O) groups excluding carboxylic acids is 2. The molecule has 148 valence electrons. The molecule has 6 nitrogen and oxygen atoms in total. The summed E-state index contributed by atoms with van der Waals surface area (Å²) in [6, 6.07) is 8.08. The summed E-state index contributed by atoms with van der Waals surface area (Å²) in [7, 11) is 0. The number of morpholine rings is 1. The van der Waals surface area contributed by atoms with Crippen LogP contribution >= 0.6 is 0 Å². The molecular weight excluding hydrogens is 342 g/mol. The molecule has 2 aliphatic rings. The highest BCUT2D eigenvalue weighted by Crippen LogP contribution is 2.18. The molecule has 1 aromatic carbocycles. The van der Waals surface area contributed by atoms with Crippen LogP contribution in [0, 0.1) is 0 Å². The Balaban J connectivity index is 1.49. The van der Waals surface area contributed by atoms with E-state index in [1.807, 2.05) is 0 Å². The number of amides is 2. The van der Waals surface area contributed by atoms with Crippen molar-refractivity contribution in [2.45, 2.75) is 65.0 Å². The van der Waals surface area contributed by atoms with Gasteiger partial charge < -0.3 is 15.0 Å². The second-order valence-electron chi connectivity index (χ2n) is 7.86. The summed E-state index contributed by atoms with van der Waals surface area (Å²) in [5.74, 6) is -0.0770. The standard InChI is InChI=1S/C21H31N3O3/c1-15-12-23(13-16(2)27-15)14-19-8-6-18(7-9-19)11-22-21(26)20-5-4-10-24(20)17(3)25/h6-9,15-16,20H,4-5,10-14H2,1-3H3,(H,22,26)/t15-,16-,20-/m1/s1. The van der Waals surface area contributed by atoms with E-state index in [0.29, 0.717) is 13.1 Å². The average Bonchev–Trinajstić information content (AvgIpc) is 3.10. The number of benzene rings is 1. The van der Waals surface area contributed by atoms with Crippen LogP contribution < -0.4 is 5.32 Å². The van der Waals surface area contributed by atoms with Crippen molar-refractivity contribution in [2.75, 3.05) is 19.6 Å². The smallest absolute Gasteiger partial charge is 0.243 e. The van der Waals surface area contributed by atoms with Crippen LogP contribution in [-0.4, -0.2) is 59.5 Å². The largest absolute Gasteiger partial charge is 0.373 e. The Hall–Kier alpha value is -1.92. The number of likely N-dealkylation sites (tertiary alicyclic amines) is 1. The topological polar surface area (TPSA) is 61.9 Å². The van der Waals surface area contributed by atoms with Gasteiger partial charge in [0, 0.05) is 39.6 Å². The van der Waals surface area contributed by atoms with Gasteiger partial charge in [0.15, 0.2) is 0 Å². The van der Waals surface area contributed by atoms with Crippen LogP contribution in [0.2, 0.25) is 0 Å². The number of hydrogen-bond donors (Lipinski definition) is 1. The maximum absolute atomic E-state index is 12.4. The van der Waals surface area contributed by atoms with Gasteiger partial charge in [-0.05, 0) is 37.8 Å². The third kappa shape index (κ3) is 5.30. The van der Waals surface area contributed by atoms with Gasteiger partial charge in [0.25, 0.3) is 0 Å². The summed E-state index contributed by atoms with van der Waals surface area (Å²) < 4.78 is 5.79. The third-order valence-corrected chi connectivity index (χ3v) is 5.35. The maximum Gasteiger partial charge on any atom is 0.243 e. The fraction of sp³-hybridized carbons (Fsp3) is 0.619. The molecule has 27 heavy (non-hydrogen) atoms. The quantitative estimate of drug-likeness (QED) is 0.857. The molecule has 2 aliphatic heterocycles. The van der Waals surface area contributed by atoms with Crippen molar-refractivity contribution in [3.8, 4) is 0 Å². The van der Waals surface area contributed by atoms with E-state index in [9.17, 15) is 9.59 Å². The third-order valence-electron chi connectivity index (χ3n) is 5.35. The van der Waals surface area contributed by atoms with Gasteiger partial charge in [-0.3, -0.25) is 14.5 Å². The minimum absolute atomic E-state index is 0.0243. The van der Waals surface area contributed by atoms with Crippen molar-refractivity contribution in [1.29, 1.82) is 0 Å². The Kier molecular flexibility index (Phi) is 6.50. The van der Waals surface area contributed by atoms with Crippen molar-refractivity contribution >= 4 is 11.8 Å². The highest BCUT2D eigenvalue weighted by Gasteiger charge is 2.32. The van der Waals surface area contributed by atoms with E-state index in [-0.39, 0.29) is 30.1 Å². The molecule has 2 fully saturated rings. The molecule has 3 rings (SSSR count). The first-order chi connectivity index (χ1) is 12.9. The molecule has 0 bridgehead atoms. The maximum atomic E-state index is 12.4. The first-order valence-electron chi connectivity index (χ1n) is 9.93. The van der Waals surface area contributed by atoms with E-state index in [1.165, 1.54) is 12.5 Å². The normalized spacial score (nSPS) is 26.2. The molecule has 2 heterocycles. The van der Waals surface area contributed by atoms with Crippen LogP contribution in [0.15, 0.2) is 24.3 Å². The van der Waals surface area contributed by atoms with Gasteiger partial charge in [-0.2, -0.15) is 0 Å². The van der Waals surface area contributed by atoms with Gasteiger partial charge in [-0.15, -0.1) is 0 Å². The zero-order chi connectivity index (χ0) is 19.4. The van der Waals surface area contributed by atoms with E-state index >= 15 is 0 Å². The van der Waals surface area contributed by atoms with Gasteiger partial charge in [0.1, 0.15) is 6.04 Å². The average molecular weight is 373 g/mol. The lowest BCUT2D eigenvalue weighted by Gasteiger charge is -2.35. The van der Waals surface area contributed by atoms with Crippen LogP contribution in [0.25, 0.3) is 0 Å². The summed E-state index contributed by atoms with van der Waals surface area (Å²) >= 11 is 0. The van der Waals surface area contributed by atoms with Gasteiger partial charge in [0.2, 0.25) is 11.8 Å². The van der Waals surface area contributed by atoms with Crippen LogP contribution in [-0.2, 0) is 27.4 Å². The number of nitrogens with zero attached hydrogens (tertiary/aromatic N) is 2. The fourth-order valence-electron chi connectivity index (χ4n) is 4.16. The molecule has 0 aromatic heterocycles. The number of carbonyl (C=O) groups is 2. The Bertz CT molecular complexity index is 651. The molecule has 0 saturated carbocycles. The fourth-order valence-corrected chi connectivity index (χ4v) is 4.16. The molecule has 1 N–H and O–H groups in total. The van der Waals surface area contributed by atoms with E-state index < -0.39 is 0 Å². The van der Waals surface area contributed by atoms with Crippen molar-refractivity contribution in [3.63, 3.8) is 0 Å². The minimum Gasteiger partial charge on any atom is -0.373 e. The lowest BCUT2D eigenvalue weighted by molar-refractivity contribution is -0.136. The number of ether oxygens (including phenoxy) is 1. The van der Waals surface area contributed by atoms with Gasteiger partial charge >= 0.3 is 0 Å². The monoisotopic (exact) mass is 373 g/mol. The Morgan fingerprint density at radius 1 is 1.11 bits per heavy atom. The van der Waals surface area contributed by atoms with Crippen LogP contribution in [0.3, 0.4) is 0 Å². The zero-order valence-corrected chi connectivity index (χ0v) is 16.6. The van der Waals surface area contributed by atoms with Crippen molar-refractivity contribution in [1.82, 2.24) is 15.1 Å². The highest BCUT2D eigenvalue weighted by molar-refractivity contribution is 5.87. The molecule has 0 radical (unpaired) electrons. The molecule has 2 saturated heterocycles. The predicted octanol–water partition coefficient (Wildman–Crippen LogP) is 1.92. The molecular formula is C21H31N3O3. The van der Waals surface area contributed by atoms with Crippen molar-refractivity contribution in [3.05, 3.63) is 35.4 Å². The number of nitrogens with one attached hydrogen (secondary N) is 1. The first kappa shape index (κ1) is 19.8. The predicted molar refractivity (Wildman–Crippen MR) is 104 cm³/mol. The Labute approximate surface area is 161 Å². The molecule has 6 heteroatoms. The van der Waals surface area contributed by atoms with Crippen LogP contribution in [0.1, 0.15) is 44.7 Å². The highest BCUT2D eigenvalue weighted by atomic mass is 16.5. The lowest BCUT2D eigenvalue weighted by Crippen LogP contribution is -2.45. The van der Waals surface area contributed by atoms with Crippen LogP contribution in [0.5, 0.6) is 0 Å². The summed E-state index contributed by atoms with van der Waals surface area (Å²) in [5.41, 5.74) is 2.34. The summed E-state index contributed by atoms with van der Waals surface area (Å²) in [4.78, 5) is 28.1. The van der Waals surface area contributed by atoms with Crippen molar-refractivity contribution in [2.24, 2.45) is 0 Å². The molecule has 0 unspecified atom stereocenters.